The first kappa shape index (κ1) is 40.7. The number of methoxy groups -OCH3 is 2. The second-order valence-electron chi connectivity index (χ2n) is 18.4. The minimum absolute atomic E-state index is 0.0115. The zero-order valence-corrected chi connectivity index (χ0v) is 35.8. The number of carbonyl (C=O) groups excluding carboxylic acids is 4. The van der Waals surface area contributed by atoms with Gasteiger partial charge in [0.2, 0.25) is 11.8 Å². The Bertz CT molecular complexity index is 2690. The van der Waals surface area contributed by atoms with Gasteiger partial charge in [0.15, 0.2) is 0 Å². The molecule has 2 aromatic heterocycles. The highest BCUT2D eigenvalue weighted by Gasteiger charge is 2.55. The maximum atomic E-state index is 16.6. The second-order valence-corrected chi connectivity index (χ2v) is 18.4. The van der Waals surface area contributed by atoms with Gasteiger partial charge in [0, 0.05) is 29.3 Å². The smallest absolute Gasteiger partial charge is 0.407 e. The summed E-state index contributed by atoms with van der Waals surface area (Å²) < 4.78 is 42.8. The summed E-state index contributed by atoms with van der Waals surface area (Å²) in [6.45, 7) is 5.95. The van der Waals surface area contributed by atoms with Crippen molar-refractivity contribution in [1.29, 1.82) is 0 Å². The first-order valence-electron chi connectivity index (χ1n) is 21.7. The van der Waals surface area contributed by atoms with Crippen LogP contribution in [0.5, 0.6) is 0 Å². The summed E-state index contributed by atoms with van der Waals surface area (Å²) in [7, 11) is 2.52. The van der Waals surface area contributed by atoms with Gasteiger partial charge in [-0.15, -0.1) is 0 Å². The minimum atomic E-state index is -3.28. The van der Waals surface area contributed by atoms with Crippen LogP contribution in [0.15, 0.2) is 60.8 Å². The van der Waals surface area contributed by atoms with Crippen molar-refractivity contribution in [3.05, 3.63) is 83.6 Å². The fourth-order valence-electron chi connectivity index (χ4n) is 10.7. The number of carbonyl (C=O) groups is 4. The summed E-state index contributed by atoms with van der Waals surface area (Å²) >= 11 is 0. The summed E-state index contributed by atoms with van der Waals surface area (Å²) in [5, 5.41) is 5.29. The van der Waals surface area contributed by atoms with Crippen molar-refractivity contribution in [2.45, 2.75) is 95.4 Å². The molecular weight excluding hydrogens is 811 g/mol. The monoisotopic (exact) mass is 860 g/mol. The number of hydrogen-bond acceptors (Lipinski definition) is 8. The Hall–Kier alpha value is -6.32. The van der Waals surface area contributed by atoms with Crippen molar-refractivity contribution < 1.29 is 37.4 Å². The maximum absolute atomic E-state index is 16.6. The summed E-state index contributed by atoms with van der Waals surface area (Å²) in [4.78, 5) is 71.7. The number of amides is 4. The van der Waals surface area contributed by atoms with E-state index in [4.69, 9.17) is 19.4 Å². The van der Waals surface area contributed by atoms with Gasteiger partial charge in [-0.05, 0) is 109 Å². The molecular formula is C47H50F2N8O6. The van der Waals surface area contributed by atoms with Crippen LogP contribution in [0.3, 0.4) is 0 Å². The van der Waals surface area contributed by atoms with E-state index in [9.17, 15) is 19.2 Å². The maximum Gasteiger partial charge on any atom is 0.407 e. The third-order valence-electron chi connectivity index (χ3n) is 14.2. The van der Waals surface area contributed by atoms with E-state index < -0.39 is 30.2 Å². The lowest BCUT2D eigenvalue weighted by atomic mass is 9.97. The van der Waals surface area contributed by atoms with E-state index in [2.05, 4.69) is 20.6 Å². The fraction of sp³-hybridized carbons (Fsp3) is 0.447. The molecule has 328 valence electrons. The molecule has 4 N–H and O–H groups in total. The number of benzene rings is 3. The van der Waals surface area contributed by atoms with Crippen LogP contribution in [0.25, 0.3) is 44.5 Å². The van der Waals surface area contributed by atoms with Gasteiger partial charge in [-0.3, -0.25) is 9.59 Å². The molecule has 4 amide bonds. The molecule has 2 saturated carbocycles. The lowest BCUT2D eigenvalue weighted by Gasteiger charge is -2.35. The number of aromatic amines is 2. The number of H-pyrrole nitrogens is 2. The normalized spacial score (nSPS) is 23.2. The van der Waals surface area contributed by atoms with Gasteiger partial charge >= 0.3 is 12.2 Å². The number of hydrogen-bond donors (Lipinski definition) is 4. The lowest BCUT2D eigenvalue weighted by molar-refractivity contribution is -0.138. The molecule has 4 fully saturated rings. The highest BCUT2D eigenvalue weighted by Crippen LogP contribution is 2.59. The second kappa shape index (κ2) is 14.9. The number of nitrogens with one attached hydrogen (secondary N) is 4. The molecule has 6 unspecified atom stereocenters. The zero-order valence-electron chi connectivity index (χ0n) is 35.8. The molecule has 3 aliphatic carbocycles. The predicted octanol–water partition coefficient (Wildman–Crippen LogP) is 7.97. The minimum Gasteiger partial charge on any atom is -0.453 e. The van der Waals surface area contributed by atoms with Gasteiger partial charge < -0.3 is 39.9 Å². The van der Waals surface area contributed by atoms with Crippen molar-refractivity contribution in [3.63, 3.8) is 0 Å². The summed E-state index contributed by atoms with van der Waals surface area (Å²) in [5.41, 5.74) is 4.67. The number of likely N-dealkylation sites (tertiary alicyclic amines) is 2. The number of imidazole rings is 2. The van der Waals surface area contributed by atoms with Crippen molar-refractivity contribution in [2.75, 3.05) is 20.8 Å². The summed E-state index contributed by atoms with van der Waals surface area (Å²) in [6, 6.07) is 13.8. The molecule has 63 heavy (non-hydrogen) atoms. The molecule has 4 heterocycles. The van der Waals surface area contributed by atoms with Crippen molar-refractivity contribution in [1.82, 2.24) is 40.4 Å². The standard InChI is InChI=1S/C47H50F2N8O6/c1-23(2)38(55-45(61)63-5)43(59)56-22-46(14-15-46)20-37(56)40-50-21-36(54-40)27-8-12-31-30-11-7-25(17-32(30)47(48,49)33(31)18-27)26-9-13-34-35(19-26)53-41(52-34)39-28-6-10-29(16-28)57(39)42(58)24(3)51-44(60)62-4/h7-9,11-13,17-19,21,23-24,28-29,37-39H,6,10,14-16,20,22H2,1-5H3,(H,50,54)(H,51,60)(H,52,53)(H,55,61). The Morgan fingerprint density at radius 1 is 0.825 bits per heavy atom. The number of fused-ring (bicyclic) bond motifs is 6. The lowest BCUT2D eigenvalue weighted by Crippen LogP contribution is -2.51. The van der Waals surface area contributed by atoms with E-state index in [0.717, 1.165) is 49.6 Å². The number of alkyl halides is 2. The number of nitrogens with zero attached hydrogens (tertiary/aromatic N) is 4. The highest BCUT2D eigenvalue weighted by atomic mass is 19.3. The first-order chi connectivity index (χ1) is 30.2. The van der Waals surface area contributed by atoms with Gasteiger partial charge in [0.05, 0.1) is 49.2 Å². The first-order valence-corrected chi connectivity index (χ1v) is 21.7. The average molecular weight is 861 g/mol. The van der Waals surface area contributed by atoms with Crippen LogP contribution in [-0.4, -0.2) is 92.6 Å². The number of alkyl carbamates (subject to hydrolysis) is 2. The Balaban J connectivity index is 0.894. The molecule has 0 radical (unpaired) electrons. The average Bonchev–Trinajstić information content (AvgIpc) is 3.93. The number of rotatable bonds is 9. The Kier molecular flexibility index (Phi) is 9.64. The topological polar surface area (TPSA) is 175 Å². The third kappa shape index (κ3) is 6.79. The molecule has 3 aromatic carbocycles. The number of ether oxygens (including phenoxy) is 2. The molecule has 2 saturated heterocycles. The van der Waals surface area contributed by atoms with Crippen LogP contribution in [-0.2, 0) is 25.0 Å². The predicted molar refractivity (Wildman–Crippen MR) is 228 cm³/mol. The van der Waals surface area contributed by atoms with E-state index >= 15 is 8.78 Å². The van der Waals surface area contributed by atoms with Crippen LogP contribution in [0.2, 0.25) is 0 Å². The van der Waals surface area contributed by atoms with E-state index in [1.54, 1.807) is 36.2 Å². The number of aromatic nitrogens is 4. The molecule has 5 aliphatic rings. The summed E-state index contributed by atoms with van der Waals surface area (Å²) in [6.07, 6.45) is 5.74. The van der Waals surface area contributed by atoms with E-state index in [1.165, 1.54) is 20.3 Å². The fourth-order valence-corrected chi connectivity index (χ4v) is 10.7. The van der Waals surface area contributed by atoms with Gasteiger partial charge in [-0.25, -0.2) is 19.6 Å². The highest BCUT2D eigenvalue weighted by molar-refractivity contribution is 5.89. The van der Waals surface area contributed by atoms with Crippen molar-refractivity contribution >= 4 is 35.0 Å². The molecule has 16 heteroatoms. The molecule has 2 bridgehead atoms. The van der Waals surface area contributed by atoms with E-state index in [-0.39, 0.29) is 58.3 Å². The van der Waals surface area contributed by atoms with Crippen LogP contribution >= 0.6 is 0 Å². The molecule has 14 nitrogen and oxygen atoms in total. The van der Waals surface area contributed by atoms with Gasteiger partial charge in [0.25, 0.3) is 5.92 Å². The Morgan fingerprint density at radius 3 is 2.19 bits per heavy atom. The third-order valence-corrected chi connectivity index (χ3v) is 14.2. The number of halogens is 2. The molecule has 1 spiro atoms. The van der Waals surface area contributed by atoms with Gasteiger partial charge in [-0.2, -0.15) is 8.78 Å². The Morgan fingerprint density at radius 2 is 1.49 bits per heavy atom. The van der Waals surface area contributed by atoms with Crippen molar-refractivity contribution in [2.24, 2.45) is 17.3 Å². The number of piperidine rings is 1. The zero-order chi connectivity index (χ0) is 44.1. The van der Waals surface area contributed by atoms with Crippen molar-refractivity contribution in [3.8, 4) is 33.5 Å². The summed E-state index contributed by atoms with van der Waals surface area (Å²) in [5.74, 6) is -2.39. The van der Waals surface area contributed by atoms with Crippen LogP contribution < -0.4 is 10.6 Å². The quantitative estimate of drug-likeness (QED) is 0.115. The van der Waals surface area contributed by atoms with Crippen LogP contribution in [0.1, 0.15) is 94.2 Å². The molecule has 10 rings (SSSR count). The Labute approximate surface area is 362 Å². The van der Waals surface area contributed by atoms with E-state index in [0.29, 0.717) is 51.7 Å². The molecule has 2 aliphatic heterocycles. The van der Waals surface area contributed by atoms with Crippen LogP contribution in [0.4, 0.5) is 18.4 Å². The van der Waals surface area contributed by atoms with E-state index in [1.807, 2.05) is 49.1 Å². The van der Waals surface area contributed by atoms with Gasteiger partial charge in [0.1, 0.15) is 23.7 Å². The molecule has 5 aromatic rings. The van der Waals surface area contributed by atoms with Gasteiger partial charge in [-0.1, -0.05) is 44.2 Å². The largest absolute Gasteiger partial charge is 0.453 e. The molecule has 6 atom stereocenters. The SMILES string of the molecule is COC(=O)NC(C)C(=O)N1C2CCC(C2)C1c1nc2ccc(-c3ccc4c(c3)C(F)(F)c3cc(-c5cnc(C6CC7(CC7)CN6C(=O)C(NC(=O)OC)C(C)C)[nH]5)ccc3-4)cc2[nH]1. The van der Waals surface area contributed by atoms with Crippen LogP contribution in [0, 0.1) is 17.3 Å².